The van der Waals surface area contributed by atoms with Crippen LogP contribution in [0.2, 0.25) is 5.15 Å². The summed E-state index contributed by atoms with van der Waals surface area (Å²) >= 11 is 11.4. The van der Waals surface area contributed by atoms with Crippen molar-refractivity contribution in [2.24, 2.45) is 0 Å². The molecule has 0 amide bonds. The quantitative estimate of drug-likeness (QED) is 0.658. The van der Waals surface area contributed by atoms with E-state index in [-0.39, 0.29) is 0 Å². The summed E-state index contributed by atoms with van der Waals surface area (Å²) < 4.78 is 0. The van der Waals surface area contributed by atoms with Gasteiger partial charge in [0.05, 0.1) is 0 Å². The van der Waals surface area contributed by atoms with Gasteiger partial charge in [-0.25, -0.2) is 4.98 Å². The van der Waals surface area contributed by atoms with Crippen molar-refractivity contribution in [2.45, 2.75) is 44.6 Å². The van der Waals surface area contributed by atoms with E-state index in [0.717, 1.165) is 18.9 Å². The minimum absolute atomic E-state index is 0.445. The second-order valence-electron chi connectivity index (χ2n) is 5.65. The van der Waals surface area contributed by atoms with Crippen molar-refractivity contribution in [3.05, 3.63) is 11.2 Å². The second kappa shape index (κ2) is 6.75. The van der Waals surface area contributed by atoms with Gasteiger partial charge in [-0.3, -0.25) is 0 Å². The zero-order valence-electron chi connectivity index (χ0n) is 11.9. The molecule has 2 heterocycles. The van der Waals surface area contributed by atoms with E-state index in [4.69, 9.17) is 23.8 Å². The number of aromatic nitrogens is 2. The van der Waals surface area contributed by atoms with Gasteiger partial charge in [-0.1, -0.05) is 24.4 Å². The highest BCUT2D eigenvalue weighted by Crippen LogP contribution is 2.22. The number of hydrogen-bond acceptors (Lipinski definition) is 4. The average molecular weight is 326 g/mol. The van der Waals surface area contributed by atoms with E-state index in [1.807, 2.05) is 6.07 Å². The fourth-order valence-corrected chi connectivity index (χ4v) is 2.91. The number of halogens is 1. The lowest BCUT2D eigenvalue weighted by Crippen LogP contribution is -2.31. The van der Waals surface area contributed by atoms with Gasteiger partial charge in [0.1, 0.15) is 11.0 Å². The minimum atomic E-state index is 0.445. The summed E-state index contributed by atoms with van der Waals surface area (Å²) in [6.07, 6.45) is 7.33. The van der Waals surface area contributed by atoms with Gasteiger partial charge >= 0.3 is 0 Å². The fourth-order valence-electron chi connectivity index (χ4n) is 2.47. The Balaban J connectivity index is 1.70. The molecule has 2 N–H and O–H groups in total. The van der Waals surface area contributed by atoms with Crippen LogP contribution in [0, 0.1) is 0 Å². The van der Waals surface area contributed by atoms with Gasteiger partial charge in [-0.05, 0) is 37.9 Å². The van der Waals surface area contributed by atoms with E-state index < -0.39 is 0 Å². The Morgan fingerprint density at radius 3 is 2.57 bits per heavy atom. The molecule has 3 rings (SSSR count). The molecule has 1 saturated heterocycles. The van der Waals surface area contributed by atoms with Crippen LogP contribution in [0.25, 0.3) is 0 Å². The topological polar surface area (TPSA) is 53.1 Å². The predicted octanol–water partition coefficient (Wildman–Crippen LogP) is 2.96. The predicted molar refractivity (Wildman–Crippen MR) is 90.1 cm³/mol. The molecule has 7 heteroatoms. The van der Waals surface area contributed by atoms with Gasteiger partial charge < -0.3 is 15.5 Å². The first-order chi connectivity index (χ1) is 10.2. The van der Waals surface area contributed by atoms with Crippen LogP contribution in [0.5, 0.6) is 0 Å². The third kappa shape index (κ3) is 4.41. The normalized spacial score (nSPS) is 19.0. The third-order valence-electron chi connectivity index (χ3n) is 3.75. The van der Waals surface area contributed by atoms with Gasteiger partial charge in [0.25, 0.3) is 0 Å². The van der Waals surface area contributed by atoms with Crippen LogP contribution < -0.4 is 15.5 Å². The molecule has 0 atom stereocenters. The van der Waals surface area contributed by atoms with E-state index in [0.29, 0.717) is 22.3 Å². The maximum Gasteiger partial charge on any atom is 0.232 e. The zero-order chi connectivity index (χ0) is 14.7. The number of hydrogen-bond donors (Lipinski definition) is 2. The molecule has 0 unspecified atom stereocenters. The standard InChI is InChI=1S/C14H20ClN5S/c15-11-9-12(20-7-3-1-2-4-8-20)18-13(17-11)19-14(21)16-10-5-6-10/h9-10H,1-8H2,(H2,16,17,18,19,21). The maximum absolute atomic E-state index is 6.13. The van der Waals surface area contributed by atoms with Gasteiger partial charge in [0.15, 0.2) is 5.11 Å². The van der Waals surface area contributed by atoms with Gasteiger partial charge in [-0.15, -0.1) is 0 Å². The molecule has 1 aliphatic carbocycles. The Hall–Kier alpha value is -1.14. The summed E-state index contributed by atoms with van der Waals surface area (Å²) in [5, 5.41) is 7.27. The van der Waals surface area contributed by atoms with Crippen LogP contribution >= 0.6 is 23.8 Å². The van der Waals surface area contributed by atoms with Crippen molar-refractivity contribution >= 4 is 40.7 Å². The summed E-state index contributed by atoms with van der Waals surface area (Å²) in [6, 6.07) is 2.34. The number of nitrogens with one attached hydrogen (secondary N) is 2. The SMILES string of the molecule is S=C(Nc1nc(Cl)cc(N2CCCCCC2)n1)NC1CC1. The molecule has 0 aromatic carbocycles. The molecular weight excluding hydrogens is 306 g/mol. The van der Waals surface area contributed by atoms with Crippen molar-refractivity contribution in [3.63, 3.8) is 0 Å². The molecule has 5 nitrogen and oxygen atoms in total. The third-order valence-corrected chi connectivity index (χ3v) is 4.16. The van der Waals surface area contributed by atoms with Crippen molar-refractivity contribution < 1.29 is 0 Å². The Kier molecular flexibility index (Phi) is 4.75. The van der Waals surface area contributed by atoms with Gasteiger partial charge in [0, 0.05) is 25.2 Å². The van der Waals surface area contributed by atoms with Crippen LogP contribution in [0.15, 0.2) is 6.07 Å². The van der Waals surface area contributed by atoms with E-state index >= 15 is 0 Å². The number of nitrogens with zero attached hydrogens (tertiary/aromatic N) is 3. The van der Waals surface area contributed by atoms with E-state index in [1.165, 1.54) is 38.5 Å². The molecule has 0 spiro atoms. The van der Waals surface area contributed by atoms with E-state index in [9.17, 15) is 0 Å². The van der Waals surface area contributed by atoms with Gasteiger partial charge in [0.2, 0.25) is 5.95 Å². The summed E-state index contributed by atoms with van der Waals surface area (Å²) in [5.74, 6) is 1.36. The molecular formula is C14H20ClN5S. The highest BCUT2D eigenvalue weighted by Gasteiger charge is 2.22. The summed E-state index contributed by atoms with van der Waals surface area (Å²) in [4.78, 5) is 11.0. The number of thiocarbonyl (C=S) groups is 1. The highest BCUT2D eigenvalue weighted by molar-refractivity contribution is 7.80. The van der Waals surface area contributed by atoms with Crippen LogP contribution in [0.3, 0.4) is 0 Å². The lowest BCUT2D eigenvalue weighted by molar-refractivity contribution is 0.726. The monoisotopic (exact) mass is 325 g/mol. The molecule has 0 bridgehead atoms. The smallest absolute Gasteiger partial charge is 0.232 e. The lowest BCUT2D eigenvalue weighted by atomic mass is 10.2. The second-order valence-corrected chi connectivity index (χ2v) is 6.44. The van der Waals surface area contributed by atoms with Crippen molar-refractivity contribution in [1.29, 1.82) is 0 Å². The molecule has 1 aliphatic heterocycles. The average Bonchev–Trinajstić information content (AvgIpc) is 3.23. The van der Waals surface area contributed by atoms with E-state index in [1.54, 1.807) is 0 Å². The zero-order valence-corrected chi connectivity index (χ0v) is 13.5. The van der Waals surface area contributed by atoms with Crippen molar-refractivity contribution in [3.8, 4) is 0 Å². The molecule has 2 aliphatic rings. The molecule has 1 saturated carbocycles. The summed E-state index contributed by atoms with van der Waals surface area (Å²) in [5.41, 5.74) is 0. The molecule has 1 aromatic heterocycles. The van der Waals surface area contributed by atoms with Crippen LogP contribution in [0.4, 0.5) is 11.8 Å². The van der Waals surface area contributed by atoms with Gasteiger partial charge in [-0.2, -0.15) is 4.98 Å². The first-order valence-corrected chi connectivity index (χ1v) is 8.36. The molecule has 0 radical (unpaired) electrons. The summed E-state index contributed by atoms with van der Waals surface area (Å²) in [7, 11) is 0. The molecule has 21 heavy (non-hydrogen) atoms. The summed E-state index contributed by atoms with van der Waals surface area (Å²) in [6.45, 7) is 2.05. The number of rotatable bonds is 3. The minimum Gasteiger partial charge on any atom is -0.360 e. The van der Waals surface area contributed by atoms with Crippen LogP contribution in [0.1, 0.15) is 38.5 Å². The van der Waals surface area contributed by atoms with Crippen molar-refractivity contribution in [1.82, 2.24) is 15.3 Å². The molecule has 1 aromatic rings. The van der Waals surface area contributed by atoms with E-state index in [2.05, 4.69) is 25.5 Å². The first-order valence-electron chi connectivity index (χ1n) is 7.58. The Bertz CT molecular complexity index is 512. The van der Waals surface area contributed by atoms with Crippen molar-refractivity contribution in [2.75, 3.05) is 23.3 Å². The molecule has 2 fully saturated rings. The fraction of sp³-hybridized carbons (Fsp3) is 0.643. The maximum atomic E-state index is 6.13. The number of anilines is 2. The highest BCUT2D eigenvalue weighted by atomic mass is 35.5. The Labute approximate surface area is 135 Å². The molecule has 114 valence electrons. The lowest BCUT2D eigenvalue weighted by Gasteiger charge is -2.22. The van der Waals surface area contributed by atoms with Crippen LogP contribution in [-0.4, -0.2) is 34.2 Å². The Morgan fingerprint density at radius 2 is 1.90 bits per heavy atom. The van der Waals surface area contributed by atoms with Crippen LogP contribution in [-0.2, 0) is 0 Å². The largest absolute Gasteiger partial charge is 0.360 e. The first kappa shape index (κ1) is 14.8. The Morgan fingerprint density at radius 1 is 1.19 bits per heavy atom.